The molecule has 0 saturated carbocycles. The molecule has 12 heavy (non-hydrogen) atoms. The summed E-state index contributed by atoms with van der Waals surface area (Å²) in [6, 6.07) is 6.55. The molecule has 64 valence electrons. The highest BCUT2D eigenvalue weighted by atomic mass is 14.0. The summed E-state index contributed by atoms with van der Waals surface area (Å²) in [7, 11) is 0. The molecule has 0 unspecified atom stereocenters. The molecule has 0 heteroatoms. The average Bonchev–Trinajstić information content (AvgIpc) is 2.04. The molecule has 0 radical (unpaired) electrons. The highest BCUT2D eigenvalue weighted by Gasteiger charge is 1.97. The van der Waals surface area contributed by atoms with E-state index < -0.39 is 0 Å². The number of benzene rings is 1. The van der Waals surface area contributed by atoms with Crippen molar-refractivity contribution in [2.45, 2.75) is 27.2 Å². The maximum Gasteiger partial charge on any atom is -0.0230 e. The summed E-state index contributed by atoms with van der Waals surface area (Å²) >= 11 is 0. The van der Waals surface area contributed by atoms with Gasteiger partial charge in [-0.3, -0.25) is 0 Å². The fourth-order valence-corrected chi connectivity index (χ4v) is 1.36. The van der Waals surface area contributed by atoms with Gasteiger partial charge in [0.25, 0.3) is 0 Å². The van der Waals surface area contributed by atoms with Crippen molar-refractivity contribution in [3.8, 4) is 0 Å². The van der Waals surface area contributed by atoms with Gasteiger partial charge in [-0.25, -0.2) is 0 Å². The van der Waals surface area contributed by atoms with Crippen molar-refractivity contribution in [3.05, 3.63) is 41.5 Å². The Balaban J connectivity index is 3.10. The molecular formula is C12H16. The van der Waals surface area contributed by atoms with Crippen LogP contribution in [0.25, 0.3) is 5.57 Å². The van der Waals surface area contributed by atoms with E-state index in [9.17, 15) is 0 Å². The third kappa shape index (κ3) is 1.76. The quantitative estimate of drug-likeness (QED) is 0.620. The molecule has 0 atom stereocenters. The summed E-state index contributed by atoms with van der Waals surface area (Å²) < 4.78 is 0. The van der Waals surface area contributed by atoms with Gasteiger partial charge in [0, 0.05) is 0 Å². The van der Waals surface area contributed by atoms with Crippen LogP contribution in [-0.4, -0.2) is 0 Å². The highest BCUT2D eigenvalue weighted by molar-refractivity contribution is 5.62. The van der Waals surface area contributed by atoms with Crippen LogP contribution in [0, 0.1) is 6.92 Å². The first-order valence-electron chi connectivity index (χ1n) is 4.40. The number of hydrogen-bond acceptors (Lipinski definition) is 0. The molecule has 1 aromatic rings. The topological polar surface area (TPSA) is 0 Å². The SMILES string of the molecule is C=C(C)c1ccc(CC)c(C)c1. The third-order valence-corrected chi connectivity index (χ3v) is 2.22. The molecule has 0 aliphatic heterocycles. The van der Waals surface area contributed by atoms with Crippen molar-refractivity contribution >= 4 is 5.57 Å². The Morgan fingerprint density at radius 3 is 2.50 bits per heavy atom. The summed E-state index contributed by atoms with van der Waals surface area (Å²) in [6.07, 6.45) is 1.11. The zero-order chi connectivity index (χ0) is 9.14. The van der Waals surface area contributed by atoms with Crippen molar-refractivity contribution in [3.63, 3.8) is 0 Å². The molecule has 0 aromatic heterocycles. The maximum atomic E-state index is 3.92. The first kappa shape index (κ1) is 9.05. The van der Waals surface area contributed by atoms with Crippen LogP contribution in [0.2, 0.25) is 0 Å². The van der Waals surface area contributed by atoms with Gasteiger partial charge in [0.1, 0.15) is 0 Å². The van der Waals surface area contributed by atoms with Gasteiger partial charge in [0.05, 0.1) is 0 Å². The van der Waals surface area contributed by atoms with Gasteiger partial charge in [-0.1, -0.05) is 37.3 Å². The molecule has 0 bridgehead atoms. The van der Waals surface area contributed by atoms with Gasteiger partial charge < -0.3 is 0 Å². The molecule has 0 nitrogen and oxygen atoms in total. The van der Waals surface area contributed by atoms with E-state index in [2.05, 4.69) is 38.6 Å². The van der Waals surface area contributed by atoms with Crippen LogP contribution < -0.4 is 0 Å². The molecule has 1 aromatic carbocycles. The van der Waals surface area contributed by atoms with E-state index in [4.69, 9.17) is 0 Å². The monoisotopic (exact) mass is 160 g/mol. The molecule has 0 N–H and O–H groups in total. The van der Waals surface area contributed by atoms with Crippen molar-refractivity contribution in [1.29, 1.82) is 0 Å². The highest BCUT2D eigenvalue weighted by Crippen LogP contribution is 2.16. The fourth-order valence-electron chi connectivity index (χ4n) is 1.36. The van der Waals surface area contributed by atoms with Crippen LogP contribution >= 0.6 is 0 Å². The summed E-state index contributed by atoms with van der Waals surface area (Å²) in [6.45, 7) is 10.3. The second kappa shape index (κ2) is 3.57. The predicted octanol–water partition coefficient (Wildman–Crippen LogP) is 3.59. The molecule has 0 aliphatic rings. The zero-order valence-corrected chi connectivity index (χ0v) is 8.15. The minimum Gasteiger partial charge on any atom is -0.0955 e. The Bertz CT molecular complexity index is 295. The average molecular weight is 160 g/mol. The van der Waals surface area contributed by atoms with Crippen LogP contribution in [0.15, 0.2) is 24.8 Å². The van der Waals surface area contributed by atoms with Gasteiger partial charge in [-0.05, 0) is 37.0 Å². The summed E-state index contributed by atoms with van der Waals surface area (Å²) in [4.78, 5) is 0. The van der Waals surface area contributed by atoms with Crippen molar-refractivity contribution in [2.24, 2.45) is 0 Å². The molecule has 0 amide bonds. The fraction of sp³-hybridized carbons (Fsp3) is 0.333. The van der Waals surface area contributed by atoms with Crippen molar-refractivity contribution < 1.29 is 0 Å². The van der Waals surface area contributed by atoms with E-state index in [1.54, 1.807) is 0 Å². The molecule has 0 saturated heterocycles. The van der Waals surface area contributed by atoms with Gasteiger partial charge in [-0.15, -0.1) is 0 Å². The van der Waals surface area contributed by atoms with Crippen LogP contribution in [0.5, 0.6) is 0 Å². The first-order chi connectivity index (χ1) is 5.65. The predicted molar refractivity (Wildman–Crippen MR) is 55.3 cm³/mol. The Kier molecular flexibility index (Phi) is 2.69. The van der Waals surface area contributed by atoms with Gasteiger partial charge in [0.15, 0.2) is 0 Å². The lowest BCUT2D eigenvalue weighted by Gasteiger charge is -2.05. The third-order valence-electron chi connectivity index (χ3n) is 2.22. The number of aryl methyl sites for hydroxylation is 2. The van der Waals surface area contributed by atoms with E-state index in [1.165, 1.54) is 16.7 Å². The number of allylic oxidation sites excluding steroid dienone is 1. The molecule has 0 heterocycles. The minimum absolute atomic E-state index is 1.11. The normalized spacial score (nSPS) is 9.92. The number of rotatable bonds is 2. The van der Waals surface area contributed by atoms with E-state index in [1.807, 2.05) is 6.92 Å². The minimum atomic E-state index is 1.11. The molecule has 0 spiro atoms. The molecule has 1 rings (SSSR count). The van der Waals surface area contributed by atoms with Crippen molar-refractivity contribution in [1.82, 2.24) is 0 Å². The lowest BCUT2D eigenvalue weighted by atomic mass is 10.0. The zero-order valence-electron chi connectivity index (χ0n) is 8.15. The van der Waals surface area contributed by atoms with Gasteiger partial charge in [-0.2, -0.15) is 0 Å². The van der Waals surface area contributed by atoms with Crippen LogP contribution in [0.4, 0.5) is 0 Å². The van der Waals surface area contributed by atoms with Gasteiger partial charge >= 0.3 is 0 Å². The lowest BCUT2D eigenvalue weighted by Crippen LogP contribution is -1.88. The summed E-state index contributed by atoms with van der Waals surface area (Å²) in [5.41, 5.74) is 5.20. The Hall–Kier alpha value is -1.04. The summed E-state index contributed by atoms with van der Waals surface area (Å²) in [5, 5.41) is 0. The summed E-state index contributed by atoms with van der Waals surface area (Å²) in [5.74, 6) is 0. The van der Waals surface area contributed by atoms with E-state index in [-0.39, 0.29) is 0 Å². The second-order valence-corrected chi connectivity index (χ2v) is 3.28. The van der Waals surface area contributed by atoms with E-state index in [0.717, 1.165) is 12.0 Å². The Morgan fingerprint density at radius 2 is 2.08 bits per heavy atom. The van der Waals surface area contributed by atoms with Gasteiger partial charge in [0.2, 0.25) is 0 Å². The van der Waals surface area contributed by atoms with E-state index >= 15 is 0 Å². The van der Waals surface area contributed by atoms with Crippen LogP contribution in [0.3, 0.4) is 0 Å². The van der Waals surface area contributed by atoms with Crippen LogP contribution in [0.1, 0.15) is 30.5 Å². The standard InChI is InChI=1S/C12H16/c1-5-11-6-7-12(9(2)3)8-10(11)4/h6-8H,2,5H2,1,3-4H3. The van der Waals surface area contributed by atoms with E-state index in [0.29, 0.717) is 0 Å². The van der Waals surface area contributed by atoms with Crippen LogP contribution in [-0.2, 0) is 6.42 Å². The first-order valence-corrected chi connectivity index (χ1v) is 4.40. The van der Waals surface area contributed by atoms with Crippen molar-refractivity contribution in [2.75, 3.05) is 0 Å². The molecular weight excluding hydrogens is 144 g/mol. The number of hydrogen-bond donors (Lipinski definition) is 0. The smallest absolute Gasteiger partial charge is 0.0230 e. The molecule has 0 aliphatic carbocycles. The Morgan fingerprint density at radius 1 is 1.42 bits per heavy atom. The molecule has 0 fully saturated rings. The maximum absolute atomic E-state index is 3.92. The largest absolute Gasteiger partial charge is 0.0955 e. The Labute approximate surface area is 74.9 Å². The lowest BCUT2D eigenvalue weighted by molar-refractivity contribution is 1.11. The second-order valence-electron chi connectivity index (χ2n) is 3.28.